The van der Waals surface area contributed by atoms with E-state index in [1.807, 2.05) is 12.3 Å². The van der Waals surface area contributed by atoms with Crippen molar-refractivity contribution in [2.45, 2.75) is 45.6 Å². The molecular weight excluding hydrogens is 196 g/mol. The fourth-order valence-corrected chi connectivity index (χ4v) is 2.63. The predicted octanol–water partition coefficient (Wildman–Crippen LogP) is 2.73. The van der Waals surface area contributed by atoms with Crippen molar-refractivity contribution in [1.29, 1.82) is 0 Å². The van der Waals surface area contributed by atoms with E-state index in [4.69, 9.17) is 5.73 Å². The molecule has 0 radical (unpaired) electrons. The van der Waals surface area contributed by atoms with Crippen LogP contribution in [0.25, 0.3) is 0 Å². The maximum Gasteiger partial charge on any atom is 0.0482 e. The third-order valence-corrected chi connectivity index (χ3v) is 4.13. The summed E-state index contributed by atoms with van der Waals surface area (Å²) < 4.78 is 0. The van der Waals surface area contributed by atoms with Crippen molar-refractivity contribution < 1.29 is 0 Å². The zero-order valence-electron chi connectivity index (χ0n) is 10.5. The molecule has 16 heavy (non-hydrogen) atoms. The molecule has 88 valence electrons. The van der Waals surface area contributed by atoms with Crippen molar-refractivity contribution in [3.8, 4) is 0 Å². The fraction of sp³-hybridized carbons (Fsp3) is 0.643. The van der Waals surface area contributed by atoms with Crippen LogP contribution in [0, 0.1) is 11.8 Å². The summed E-state index contributed by atoms with van der Waals surface area (Å²) in [5, 5.41) is 0. The predicted molar refractivity (Wildman–Crippen MR) is 67.3 cm³/mol. The van der Waals surface area contributed by atoms with Gasteiger partial charge in [-0.2, -0.15) is 0 Å². The van der Waals surface area contributed by atoms with E-state index in [0.717, 1.165) is 6.42 Å². The lowest BCUT2D eigenvalue weighted by Gasteiger charge is -2.28. The van der Waals surface area contributed by atoms with Gasteiger partial charge in [-0.25, -0.2) is 0 Å². The normalized spacial score (nSPS) is 23.2. The minimum Gasteiger partial charge on any atom is -0.327 e. The minimum atomic E-state index is 0.246. The third-order valence-electron chi connectivity index (χ3n) is 4.13. The Morgan fingerprint density at radius 3 is 2.81 bits per heavy atom. The van der Waals surface area contributed by atoms with Crippen molar-refractivity contribution in [2.75, 3.05) is 0 Å². The van der Waals surface area contributed by atoms with Crippen LogP contribution in [0.2, 0.25) is 0 Å². The van der Waals surface area contributed by atoms with Crippen LogP contribution in [0.4, 0.5) is 0 Å². The van der Waals surface area contributed by atoms with E-state index in [2.05, 4.69) is 31.8 Å². The van der Waals surface area contributed by atoms with E-state index in [9.17, 15) is 0 Å². The first kappa shape index (κ1) is 11.6. The largest absolute Gasteiger partial charge is 0.327 e. The van der Waals surface area contributed by atoms with Crippen LogP contribution in [-0.4, -0.2) is 11.0 Å². The summed E-state index contributed by atoms with van der Waals surface area (Å²) in [5.74, 6) is 1.66. The summed E-state index contributed by atoms with van der Waals surface area (Å²) in [6.45, 7) is 6.76. The molecule has 2 heteroatoms. The number of hydrogen-bond acceptors (Lipinski definition) is 2. The molecule has 0 aromatic carbocycles. The summed E-state index contributed by atoms with van der Waals surface area (Å²) in [7, 11) is 0. The molecule has 2 rings (SSSR count). The smallest absolute Gasteiger partial charge is 0.0482 e. The van der Waals surface area contributed by atoms with Gasteiger partial charge in [0.1, 0.15) is 0 Å². The van der Waals surface area contributed by atoms with E-state index in [0.29, 0.717) is 17.8 Å². The topological polar surface area (TPSA) is 38.9 Å². The Bertz CT molecular complexity index is 360. The van der Waals surface area contributed by atoms with E-state index in [1.54, 1.807) is 0 Å². The molecule has 1 aromatic heterocycles. The van der Waals surface area contributed by atoms with Gasteiger partial charge < -0.3 is 5.73 Å². The van der Waals surface area contributed by atoms with Gasteiger partial charge in [0.2, 0.25) is 0 Å². The van der Waals surface area contributed by atoms with Gasteiger partial charge in [-0.3, -0.25) is 4.98 Å². The highest BCUT2D eigenvalue weighted by atomic mass is 14.8. The molecule has 1 aliphatic rings. The molecular formula is C14H22N2. The van der Waals surface area contributed by atoms with Crippen molar-refractivity contribution >= 4 is 0 Å². The summed E-state index contributed by atoms with van der Waals surface area (Å²) in [5.41, 5.74) is 9.05. The van der Waals surface area contributed by atoms with Gasteiger partial charge in [0, 0.05) is 23.9 Å². The first-order valence-electron chi connectivity index (χ1n) is 6.30. The molecule has 0 aliphatic heterocycles. The number of aryl methyl sites for hydroxylation is 1. The minimum absolute atomic E-state index is 0.246. The number of aromatic nitrogens is 1. The van der Waals surface area contributed by atoms with Crippen LogP contribution in [0.1, 0.15) is 44.4 Å². The lowest BCUT2D eigenvalue weighted by Crippen LogP contribution is -2.36. The first-order valence-corrected chi connectivity index (χ1v) is 6.30. The van der Waals surface area contributed by atoms with Crippen molar-refractivity contribution in [3.63, 3.8) is 0 Å². The second-order valence-corrected chi connectivity index (χ2v) is 5.37. The summed E-state index contributed by atoms with van der Waals surface area (Å²) >= 11 is 0. The number of pyridine rings is 1. The van der Waals surface area contributed by atoms with Crippen LogP contribution >= 0.6 is 0 Å². The van der Waals surface area contributed by atoms with Crippen molar-refractivity contribution in [1.82, 2.24) is 4.98 Å². The molecule has 0 amide bonds. The Morgan fingerprint density at radius 1 is 1.38 bits per heavy atom. The van der Waals surface area contributed by atoms with Gasteiger partial charge in [-0.05, 0) is 36.3 Å². The Hall–Kier alpha value is -0.890. The molecule has 0 spiro atoms. The van der Waals surface area contributed by atoms with Crippen LogP contribution in [-0.2, 0) is 6.42 Å². The van der Waals surface area contributed by atoms with E-state index in [1.165, 1.54) is 17.7 Å². The van der Waals surface area contributed by atoms with Crippen molar-refractivity contribution in [3.05, 3.63) is 29.6 Å². The van der Waals surface area contributed by atoms with Crippen LogP contribution < -0.4 is 5.73 Å². The SMILES string of the molecule is CC(C)C(C)C(N)C1CCc2cccnc21. The Balaban J connectivity index is 2.19. The lowest BCUT2D eigenvalue weighted by molar-refractivity contribution is 0.306. The van der Waals surface area contributed by atoms with Crippen LogP contribution in [0.3, 0.4) is 0 Å². The molecule has 0 fully saturated rings. The number of nitrogens with zero attached hydrogens (tertiary/aromatic N) is 1. The van der Waals surface area contributed by atoms with Gasteiger partial charge in [0.25, 0.3) is 0 Å². The summed E-state index contributed by atoms with van der Waals surface area (Å²) in [6.07, 6.45) is 4.21. The van der Waals surface area contributed by atoms with Crippen LogP contribution in [0.15, 0.2) is 18.3 Å². The van der Waals surface area contributed by atoms with Crippen LogP contribution in [0.5, 0.6) is 0 Å². The summed E-state index contributed by atoms with van der Waals surface area (Å²) in [4.78, 5) is 4.52. The number of fused-ring (bicyclic) bond motifs is 1. The van der Waals surface area contributed by atoms with Gasteiger partial charge in [-0.1, -0.05) is 26.8 Å². The van der Waals surface area contributed by atoms with Crippen molar-refractivity contribution in [2.24, 2.45) is 17.6 Å². The molecule has 0 saturated heterocycles. The quantitative estimate of drug-likeness (QED) is 0.847. The zero-order valence-corrected chi connectivity index (χ0v) is 10.5. The van der Waals surface area contributed by atoms with Gasteiger partial charge in [-0.15, -0.1) is 0 Å². The standard InChI is InChI=1S/C14H22N2/c1-9(2)10(3)13(15)12-7-6-11-5-4-8-16-14(11)12/h4-5,8-10,12-13H,6-7,15H2,1-3H3. The Labute approximate surface area is 98.3 Å². The highest BCUT2D eigenvalue weighted by Gasteiger charge is 2.32. The second kappa shape index (κ2) is 4.54. The maximum absolute atomic E-state index is 6.40. The van der Waals surface area contributed by atoms with E-state index >= 15 is 0 Å². The molecule has 2 N–H and O–H groups in total. The molecule has 2 nitrogen and oxygen atoms in total. The third kappa shape index (κ3) is 1.99. The molecule has 0 saturated carbocycles. The summed E-state index contributed by atoms with van der Waals surface area (Å²) in [6, 6.07) is 4.46. The maximum atomic E-state index is 6.40. The van der Waals surface area contributed by atoms with E-state index < -0.39 is 0 Å². The number of hydrogen-bond donors (Lipinski definition) is 1. The van der Waals surface area contributed by atoms with E-state index in [-0.39, 0.29) is 6.04 Å². The monoisotopic (exact) mass is 218 g/mol. The zero-order chi connectivity index (χ0) is 11.7. The first-order chi connectivity index (χ1) is 7.61. The molecule has 1 heterocycles. The molecule has 1 aromatic rings. The average Bonchev–Trinajstić information content (AvgIpc) is 2.70. The second-order valence-electron chi connectivity index (χ2n) is 5.37. The van der Waals surface area contributed by atoms with Gasteiger partial charge in [0.15, 0.2) is 0 Å². The molecule has 3 unspecified atom stereocenters. The molecule has 0 bridgehead atoms. The van der Waals surface area contributed by atoms with Gasteiger partial charge >= 0.3 is 0 Å². The molecule has 3 atom stereocenters. The highest BCUT2D eigenvalue weighted by Crippen LogP contribution is 2.36. The fourth-order valence-electron chi connectivity index (χ4n) is 2.63. The molecule has 1 aliphatic carbocycles. The number of nitrogens with two attached hydrogens (primary N) is 1. The Kier molecular flexibility index (Phi) is 3.29. The average molecular weight is 218 g/mol. The lowest BCUT2D eigenvalue weighted by atomic mass is 9.82. The number of rotatable bonds is 3. The Morgan fingerprint density at radius 2 is 2.12 bits per heavy atom. The van der Waals surface area contributed by atoms with Gasteiger partial charge in [0.05, 0.1) is 0 Å². The highest BCUT2D eigenvalue weighted by molar-refractivity contribution is 5.30.